The molecule has 3 heterocycles. The van der Waals surface area contributed by atoms with Gasteiger partial charge in [0, 0.05) is 56.8 Å². The Labute approximate surface area is 174 Å². The lowest BCUT2D eigenvalue weighted by Gasteiger charge is -2.37. The first-order valence-corrected chi connectivity index (χ1v) is 9.59. The number of fused-ring (bicyclic) bond motifs is 1. The summed E-state index contributed by atoms with van der Waals surface area (Å²) in [5, 5.41) is 9.95. The largest absolute Gasteiger partial charge is 0.490 e. The molecule has 1 aliphatic carbocycles. The van der Waals surface area contributed by atoms with Crippen molar-refractivity contribution >= 4 is 11.9 Å². The predicted octanol–water partition coefficient (Wildman–Crippen LogP) is 2.08. The first kappa shape index (κ1) is 23.3. The third kappa shape index (κ3) is 5.48. The second-order valence-corrected chi connectivity index (χ2v) is 8.14. The number of likely N-dealkylation sites (tertiary alicyclic amines) is 1. The number of nitrogens with one attached hydrogen (secondary N) is 1. The molecule has 2 atom stereocenters. The van der Waals surface area contributed by atoms with Crippen LogP contribution in [0, 0.1) is 11.3 Å². The van der Waals surface area contributed by atoms with Crippen molar-refractivity contribution in [3.8, 4) is 0 Å². The van der Waals surface area contributed by atoms with Crippen molar-refractivity contribution in [1.82, 2.24) is 15.2 Å². The lowest BCUT2D eigenvalue weighted by molar-refractivity contribution is -0.192. The Morgan fingerprint density at radius 3 is 2.55 bits per heavy atom. The molecule has 0 radical (unpaired) electrons. The van der Waals surface area contributed by atoms with Gasteiger partial charge >= 0.3 is 12.1 Å². The van der Waals surface area contributed by atoms with Gasteiger partial charge in [0.1, 0.15) is 0 Å². The Hall–Kier alpha value is -2.34. The van der Waals surface area contributed by atoms with Crippen molar-refractivity contribution < 1.29 is 41.4 Å². The number of alkyl halides is 5. The third-order valence-electron chi connectivity index (χ3n) is 5.69. The molecule has 2 N–H and O–H groups in total. The number of nitrogens with zero attached hydrogens (tertiary/aromatic N) is 2. The minimum atomic E-state index is -5.08. The summed E-state index contributed by atoms with van der Waals surface area (Å²) in [6.45, 7) is 3.04. The molecule has 2 aliphatic heterocycles. The molecular weight excluding hydrogens is 429 g/mol. The van der Waals surface area contributed by atoms with E-state index in [0.717, 1.165) is 18.7 Å². The van der Waals surface area contributed by atoms with Gasteiger partial charge in [-0.05, 0) is 11.6 Å². The molecule has 1 saturated carbocycles. The molecule has 2 saturated heterocycles. The van der Waals surface area contributed by atoms with Crippen molar-refractivity contribution in [1.29, 1.82) is 0 Å². The molecule has 0 bridgehead atoms. The van der Waals surface area contributed by atoms with Crippen molar-refractivity contribution in [2.24, 2.45) is 11.3 Å². The number of carboxylic acid groups (broad SMARTS) is 1. The van der Waals surface area contributed by atoms with Crippen LogP contribution in [-0.2, 0) is 20.9 Å². The number of amides is 1. The van der Waals surface area contributed by atoms with Crippen LogP contribution in [0.2, 0.25) is 0 Å². The van der Waals surface area contributed by atoms with Gasteiger partial charge in [-0.25, -0.2) is 13.6 Å². The molecule has 172 valence electrons. The van der Waals surface area contributed by atoms with Gasteiger partial charge in [0.15, 0.2) is 0 Å². The molecule has 12 heteroatoms. The summed E-state index contributed by atoms with van der Waals surface area (Å²) in [4.78, 5) is 28.0. The summed E-state index contributed by atoms with van der Waals surface area (Å²) in [6, 6.07) is 3.51. The third-order valence-corrected chi connectivity index (χ3v) is 5.69. The fourth-order valence-corrected chi connectivity index (χ4v) is 4.12. The zero-order valence-electron chi connectivity index (χ0n) is 16.4. The number of aromatic nitrogens is 1. The van der Waals surface area contributed by atoms with Crippen LogP contribution in [0.1, 0.15) is 18.4 Å². The van der Waals surface area contributed by atoms with Crippen LogP contribution >= 0.6 is 0 Å². The lowest BCUT2D eigenvalue weighted by atomic mass is 9.79. The number of aliphatic carboxylic acids is 1. The van der Waals surface area contributed by atoms with E-state index in [-0.39, 0.29) is 24.7 Å². The summed E-state index contributed by atoms with van der Waals surface area (Å²) in [7, 11) is 0. The smallest absolute Gasteiger partial charge is 0.475 e. The van der Waals surface area contributed by atoms with Crippen LogP contribution in [0.25, 0.3) is 0 Å². The SMILES string of the molecule is O=C(NC1CC(F)(F)C1)[C@]12COC[C@H]1CN(Cc1cccnc1)C2.O=C(O)C(F)(F)F. The second kappa shape index (κ2) is 8.65. The zero-order chi connectivity index (χ0) is 22.9. The van der Waals surface area contributed by atoms with Crippen LogP contribution in [0.3, 0.4) is 0 Å². The first-order chi connectivity index (χ1) is 14.4. The van der Waals surface area contributed by atoms with Gasteiger partial charge < -0.3 is 15.2 Å². The lowest BCUT2D eigenvalue weighted by Crippen LogP contribution is -2.56. The molecule has 7 nitrogen and oxygen atoms in total. The summed E-state index contributed by atoms with van der Waals surface area (Å²) in [6.07, 6.45) is -2.02. The van der Waals surface area contributed by atoms with Crippen molar-refractivity contribution in [3.05, 3.63) is 30.1 Å². The average molecular weight is 451 g/mol. The highest BCUT2D eigenvalue weighted by atomic mass is 19.4. The van der Waals surface area contributed by atoms with Crippen LogP contribution in [-0.4, -0.2) is 71.3 Å². The van der Waals surface area contributed by atoms with Gasteiger partial charge in [-0.1, -0.05) is 6.07 Å². The van der Waals surface area contributed by atoms with Crippen LogP contribution < -0.4 is 5.32 Å². The summed E-state index contributed by atoms with van der Waals surface area (Å²) < 4.78 is 63.3. The number of hydrogen-bond donors (Lipinski definition) is 2. The molecule has 1 aromatic rings. The highest BCUT2D eigenvalue weighted by Crippen LogP contribution is 2.43. The Morgan fingerprint density at radius 2 is 2.00 bits per heavy atom. The molecule has 3 aliphatic rings. The van der Waals surface area contributed by atoms with Crippen molar-refractivity contribution in [2.45, 2.75) is 37.5 Å². The number of ether oxygens (including phenoxy) is 1. The Kier molecular flexibility index (Phi) is 6.51. The molecule has 3 fully saturated rings. The van der Waals surface area contributed by atoms with E-state index in [1.165, 1.54) is 0 Å². The van der Waals surface area contributed by atoms with E-state index < -0.39 is 29.5 Å². The van der Waals surface area contributed by atoms with Gasteiger partial charge in [0.2, 0.25) is 5.91 Å². The van der Waals surface area contributed by atoms with Gasteiger partial charge in [-0.15, -0.1) is 0 Å². The standard InChI is InChI=1S/C17H21F2N3O2.C2HF3O2/c18-17(19)4-14(5-17)21-15(23)16-10-22(8-13(16)9-24-11-16)7-12-2-1-3-20-6-12;3-2(4,5)1(6)7/h1-3,6,13-14H,4-5,7-11H2,(H,21,23);(H,6,7)/t13-,16-;/m1./s1. The monoisotopic (exact) mass is 451 g/mol. The molecule has 1 amide bonds. The van der Waals surface area contributed by atoms with E-state index in [1.807, 2.05) is 18.3 Å². The van der Waals surface area contributed by atoms with Gasteiger partial charge in [0.05, 0.1) is 18.6 Å². The maximum Gasteiger partial charge on any atom is 0.490 e. The molecule has 31 heavy (non-hydrogen) atoms. The van der Waals surface area contributed by atoms with E-state index in [0.29, 0.717) is 19.8 Å². The average Bonchev–Trinajstić information content (AvgIpc) is 3.18. The van der Waals surface area contributed by atoms with Gasteiger partial charge in [-0.2, -0.15) is 13.2 Å². The molecule has 0 spiro atoms. The zero-order valence-corrected chi connectivity index (χ0v) is 16.4. The van der Waals surface area contributed by atoms with E-state index in [1.54, 1.807) is 6.20 Å². The topological polar surface area (TPSA) is 91.8 Å². The highest BCUT2D eigenvalue weighted by molar-refractivity contribution is 5.84. The van der Waals surface area contributed by atoms with E-state index in [2.05, 4.69) is 15.2 Å². The number of pyridine rings is 1. The predicted molar refractivity (Wildman–Crippen MR) is 96.1 cm³/mol. The van der Waals surface area contributed by atoms with Crippen molar-refractivity contribution in [3.63, 3.8) is 0 Å². The quantitative estimate of drug-likeness (QED) is 0.682. The molecule has 4 rings (SSSR count). The van der Waals surface area contributed by atoms with E-state index in [4.69, 9.17) is 14.6 Å². The number of carbonyl (C=O) groups is 2. The van der Waals surface area contributed by atoms with E-state index in [9.17, 15) is 26.7 Å². The molecule has 0 unspecified atom stereocenters. The Balaban J connectivity index is 0.000000339. The second-order valence-electron chi connectivity index (χ2n) is 8.14. The van der Waals surface area contributed by atoms with Crippen LogP contribution in [0.15, 0.2) is 24.5 Å². The maximum atomic E-state index is 13.0. The Bertz CT molecular complexity index is 799. The number of hydrogen-bond acceptors (Lipinski definition) is 5. The molecule has 1 aromatic heterocycles. The summed E-state index contributed by atoms with van der Waals surface area (Å²) in [5.74, 6) is -5.38. The van der Waals surface area contributed by atoms with Crippen LogP contribution in [0.5, 0.6) is 0 Å². The van der Waals surface area contributed by atoms with Gasteiger partial charge in [-0.3, -0.25) is 14.7 Å². The molecule has 0 aromatic carbocycles. The van der Waals surface area contributed by atoms with Gasteiger partial charge in [0.25, 0.3) is 5.92 Å². The minimum absolute atomic E-state index is 0.120. The number of halogens is 5. The summed E-state index contributed by atoms with van der Waals surface area (Å²) in [5.41, 5.74) is 0.500. The minimum Gasteiger partial charge on any atom is -0.475 e. The number of carbonyl (C=O) groups excluding carboxylic acids is 1. The van der Waals surface area contributed by atoms with Crippen molar-refractivity contribution in [2.75, 3.05) is 26.3 Å². The maximum absolute atomic E-state index is 13.0. The summed E-state index contributed by atoms with van der Waals surface area (Å²) >= 11 is 0. The van der Waals surface area contributed by atoms with Crippen LogP contribution in [0.4, 0.5) is 22.0 Å². The normalized spacial score (nSPS) is 27.6. The Morgan fingerprint density at radius 1 is 1.32 bits per heavy atom. The first-order valence-electron chi connectivity index (χ1n) is 9.59. The molecular formula is C19H22F5N3O4. The highest BCUT2D eigenvalue weighted by Gasteiger charge is 2.57. The number of carboxylic acids is 1. The fraction of sp³-hybridized carbons (Fsp3) is 0.632. The van der Waals surface area contributed by atoms with E-state index >= 15 is 0 Å². The number of rotatable bonds is 4. The fourth-order valence-electron chi connectivity index (χ4n) is 4.12.